The molecule has 0 radical (unpaired) electrons. The van der Waals surface area contributed by atoms with Crippen molar-refractivity contribution in [2.75, 3.05) is 26.2 Å². The van der Waals surface area contributed by atoms with Gasteiger partial charge in [0.1, 0.15) is 0 Å². The largest absolute Gasteiger partial charge is 0.343 e. The zero-order chi connectivity index (χ0) is 15.6. The molecule has 0 aliphatic carbocycles. The monoisotopic (exact) mass is 303 g/mol. The molecule has 1 aliphatic heterocycles. The second-order valence-corrected chi connectivity index (χ2v) is 5.61. The van der Waals surface area contributed by atoms with Crippen molar-refractivity contribution >= 4 is 11.9 Å². The lowest BCUT2D eigenvalue weighted by Gasteiger charge is -2.15. The fourth-order valence-electron chi connectivity index (χ4n) is 2.61. The molecule has 2 N–H and O–H groups in total. The number of rotatable bonds is 7. The van der Waals surface area contributed by atoms with E-state index < -0.39 is 0 Å². The van der Waals surface area contributed by atoms with Crippen LogP contribution in [0.15, 0.2) is 30.3 Å². The summed E-state index contributed by atoms with van der Waals surface area (Å²) in [5, 5.41) is 5.56. The quantitative estimate of drug-likeness (QED) is 0.756. The molecule has 1 heterocycles. The SMILES string of the molecule is O=C(NCCCc1ccccc1)NCCC(=O)N1CCCC1. The smallest absolute Gasteiger partial charge is 0.314 e. The van der Waals surface area contributed by atoms with Crippen LogP contribution in [0.5, 0.6) is 0 Å². The Balaban J connectivity index is 1.50. The number of hydrogen-bond acceptors (Lipinski definition) is 2. The highest BCUT2D eigenvalue weighted by Crippen LogP contribution is 2.08. The standard InChI is InChI=1S/C17H25N3O2/c21-16(20-13-4-5-14-20)10-12-19-17(22)18-11-6-9-15-7-2-1-3-8-15/h1-3,7-8H,4-6,9-14H2,(H2,18,19,22). The van der Waals surface area contributed by atoms with E-state index in [-0.39, 0.29) is 11.9 Å². The predicted molar refractivity (Wildman–Crippen MR) is 86.6 cm³/mol. The molecule has 0 unspecified atom stereocenters. The second kappa shape index (κ2) is 9.07. The van der Waals surface area contributed by atoms with Gasteiger partial charge in [-0.2, -0.15) is 0 Å². The van der Waals surface area contributed by atoms with E-state index in [0.29, 0.717) is 19.5 Å². The Bertz CT molecular complexity index is 470. The molecule has 1 aromatic rings. The molecular formula is C17H25N3O2. The van der Waals surface area contributed by atoms with E-state index in [1.165, 1.54) is 5.56 Å². The van der Waals surface area contributed by atoms with Crippen LogP contribution in [0.2, 0.25) is 0 Å². The van der Waals surface area contributed by atoms with E-state index in [1.807, 2.05) is 23.1 Å². The Labute approximate surface area is 132 Å². The minimum absolute atomic E-state index is 0.141. The first-order chi connectivity index (χ1) is 10.8. The minimum Gasteiger partial charge on any atom is -0.343 e. The van der Waals surface area contributed by atoms with Gasteiger partial charge in [-0.25, -0.2) is 4.79 Å². The summed E-state index contributed by atoms with van der Waals surface area (Å²) in [6.45, 7) is 2.77. The molecule has 0 aromatic heterocycles. The number of likely N-dealkylation sites (tertiary alicyclic amines) is 1. The summed E-state index contributed by atoms with van der Waals surface area (Å²) >= 11 is 0. The zero-order valence-electron chi connectivity index (χ0n) is 13.0. The van der Waals surface area contributed by atoms with Gasteiger partial charge in [-0.05, 0) is 31.2 Å². The Morgan fingerprint density at radius 3 is 2.41 bits per heavy atom. The fraction of sp³-hybridized carbons (Fsp3) is 0.529. The number of hydrogen-bond donors (Lipinski definition) is 2. The molecule has 0 bridgehead atoms. The van der Waals surface area contributed by atoms with E-state index in [2.05, 4.69) is 22.8 Å². The first-order valence-corrected chi connectivity index (χ1v) is 8.09. The molecule has 2 rings (SSSR count). The number of carbonyl (C=O) groups is 2. The van der Waals surface area contributed by atoms with Crippen molar-refractivity contribution in [2.24, 2.45) is 0 Å². The summed E-state index contributed by atoms with van der Waals surface area (Å²) in [4.78, 5) is 25.3. The van der Waals surface area contributed by atoms with Crippen LogP contribution in [0.25, 0.3) is 0 Å². The number of nitrogens with one attached hydrogen (secondary N) is 2. The van der Waals surface area contributed by atoms with Crippen molar-refractivity contribution in [3.63, 3.8) is 0 Å². The van der Waals surface area contributed by atoms with Gasteiger partial charge in [-0.3, -0.25) is 4.79 Å². The Morgan fingerprint density at radius 2 is 1.68 bits per heavy atom. The first-order valence-electron chi connectivity index (χ1n) is 8.09. The predicted octanol–water partition coefficient (Wildman–Crippen LogP) is 1.93. The highest BCUT2D eigenvalue weighted by molar-refractivity contribution is 5.78. The number of carbonyl (C=O) groups excluding carboxylic acids is 2. The van der Waals surface area contributed by atoms with Gasteiger partial charge >= 0.3 is 6.03 Å². The van der Waals surface area contributed by atoms with Crippen LogP contribution in [-0.2, 0) is 11.2 Å². The fourth-order valence-corrected chi connectivity index (χ4v) is 2.61. The Morgan fingerprint density at radius 1 is 1.00 bits per heavy atom. The third kappa shape index (κ3) is 5.76. The number of amides is 3. The second-order valence-electron chi connectivity index (χ2n) is 5.61. The van der Waals surface area contributed by atoms with Crippen LogP contribution in [0.3, 0.4) is 0 Å². The molecule has 0 atom stereocenters. The third-order valence-corrected chi connectivity index (χ3v) is 3.85. The third-order valence-electron chi connectivity index (χ3n) is 3.85. The topological polar surface area (TPSA) is 61.4 Å². The van der Waals surface area contributed by atoms with Gasteiger partial charge in [0.25, 0.3) is 0 Å². The first kappa shape index (κ1) is 16.3. The number of benzene rings is 1. The van der Waals surface area contributed by atoms with Crippen LogP contribution < -0.4 is 10.6 Å². The Hall–Kier alpha value is -2.04. The van der Waals surface area contributed by atoms with Crippen LogP contribution in [0, 0.1) is 0 Å². The van der Waals surface area contributed by atoms with Crippen molar-refractivity contribution in [1.82, 2.24) is 15.5 Å². The number of nitrogens with zero attached hydrogens (tertiary/aromatic N) is 1. The van der Waals surface area contributed by atoms with Gasteiger partial charge < -0.3 is 15.5 Å². The van der Waals surface area contributed by atoms with E-state index in [4.69, 9.17) is 0 Å². The van der Waals surface area contributed by atoms with Gasteiger partial charge in [0.15, 0.2) is 0 Å². The van der Waals surface area contributed by atoms with Gasteiger partial charge in [0, 0.05) is 32.6 Å². The molecule has 1 aromatic carbocycles. The average Bonchev–Trinajstić information content (AvgIpc) is 3.07. The zero-order valence-corrected chi connectivity index (χ0v) is 13.0. The van der Waals surface area contributed by atoms with Crippen molar-refractivity contribution in [3.05, 3.63) is 35.9 Å². The highest BCUT2D eigenvalue weighted by Gasteiger charge is 2.17. The Kier molecular flexibility index (Phi) is 6.74. The minimum atomic E-state index is -0.192. The lowest BCUT2D eigenvalue weighted by atomic mass is 10.1. The molecule has 1 aliphatic rings. The van der Waals surface area contributed by atoms with Gasteiger partial charge in [0.05, 0.1) is 0 Å². The summed E-state index contributed by atoms with van der Waals surface area (Å²) in [6, 6.07) is 10.0. The van der Waals surface area contributed by atoms with Crippen molar-refractivity contribution in [2.45, 2.75) is 32.1 Å². The summed E-state index contributed by atoms with van der Waals surface area (Å²) in [6.07, 6.45) is 4.44. The molecule has 0 spiro atoms. The maximum atomic E-state index is 11.8. The summed E-state index contributed by atoms with van der Waals surface area (Å²) in [5.41, 5.74) is 1.28. The summed E-state index contributed by atoms with van der Waals surface area (Å²) < 4.78 is 0. The number of aryl methyl sites for hydroxylation is 1. The van der Waals surface area contributed by atoms with Crippen LogP contribution >= 0.6 is 0 Å². The lowest BCUT2D eigenvalue weighted by Crippen LogP contribution is -2.38. The lowest BCUT2D eigenvalue weighted by molar-refractivity contribution is -0.129. The molecule has 5 heteroatoms. The maximum Gasteiger partial charge on any atom is 0.314 e. The molecular weight excluding hydrogens is 278 g/mol. The summed E-state index contributed by atoms with van der Waals surface area (Å²) in [5.74, 6) is 0.141. The van der Waals surface area contributed by atoms with E-state index >= 15 is 0 Å². The molecule has 0 saturated carbocycles. The maximum absolute atomic E-state index is 11.8. The van der Waals surface area contributed by atoms with Gasteiger partial charge in [-0.15, -0.1) is 0 Å². The van der Waals surface area contributed by atoms with Crippen LogP contribution in [-0.4, -0.2) is 43.0 Å². The van der Waals surface area contributed by atoms with Crippen LogP contribution in [0.1, 0.15) is 31.2 Å². The van der Waals surface area contributed by atoms with Gasteiger partial charge in [0.2, 0.25) is 5.91 Å². The van der Waals surface area contributed by atoms with E-state index in [9.17, 15) is 9.59 Å². The molecule has 3 amide bonds. The molecule has 1 fully saturated rings. The van der Waals surface area contributed by atoms with Crippen LogP contribution in [0.4, 0.5) is 4.79 Å². The van der Waals surface area contributed by atoms with Crippen molar-refractivity contribution < 1.29 is 9.59 Å². The number of urea groups is 1. The molecule has 120 valence electrons. The van der Waals surface area contributed by atoms with Crippen molar-refractivity contribution in [1.29, 1.82) is 0 Å². The van der Waals surface area contributed by atoms with Crippen molar-refractivity contribution in [3.8, 4) is 0 Å². The molecule has 22 heavy (non-hydrogen) atoms. The van der Waals surface area contributed by atoms with E-state index in [0.717, 1.165) is 38.8 Å². The summed E-state index contributed by atoms with van der Waals surface area (Å²) in [7, 11) is 0. The van der Waals surface area contributed by atoms with Gasteiger partial charge in [-0.1, -0.05) is 30.3 Å². The normalized spacial score (nSPS) is 13.9. The molecule has 5 nitrogen and oxygen atoms in total. The average molecular weight is 303 g/mol. The van der Waals surface area contributed by atoms with E-state index in [1.54, 1.807) is 0 Å². The highest BCUT2D eigenvalue weighted by atomic mass is 16.2. The molecule has 1 saturated heterocycles.